The van der Waals surface area contributed by atoms with Gasteiger partial charge in [-0.2, -0.15) is 5.26 Å². The van der Waals surface area contributed by atoms with Crippen LogP contribution in [0.15, 0.2) is 24.7 Å². The van der Waals surface area contributed by atoms with Crippen LogP contribution in [0, 0.1) is 17.1 Å². The number of carbonyl (C=O) groups excluding carboxylic acids is 1. The first-order chi connectivity index (χ1) is 13.2. The van der Waals surface area contributed by atoms with E-state index >= 15 is 0 Å². The van der Waals surface area contributed by atoms with E-state index in [1.54, 1.807) is 16.5 Å². The summed E-state index contributed by atoms with van der Waals surface area (Å²) in [5.41, 5.74) is 2.07. The number of hydrogen-bond donors (Lipinski definition) is 2. The summed E-state index contributed by atoms with van der Waals surface area (Å²) in [6.07, 6.45) is 3.22. The van der Waals surface area contributed by atoms with Gasteiger partial charge in [-0.05, 0) is 12.1 Å². The molecule has 4 rings (SSSR count). The van der Waals surface area contributed by atoms with Gasteiger partial charge < -0.3 is 15.4 Å². The third kappa shape index (κ3) is 3.10. The summed E-state index contributed by atoms with van der Waals surface area (Å²) in [4.78, 5) is 15.9. The van der Waals surface area contributed by atoms with Gasteiger partial charge in [0.05, 0.1) is 18.9 Å². The third-order valence-electron chi connectivity index (χ3n) is 4.21. The van der Waals surface area contributed by atoms with Crippen LogP contribution in [0.2, 0.25) is 0 Å². The molecule has 3 aromatic rings. The van der Waals surface area contributed by atoms with Crippen molar-refractivity contribution in [2.45, 2.75) is 19.4 Å². The number of benzene rings is 1. The van der Waals surface area contributed by atoms with Gasteiger partial charge in [-0.3, -0.25) is 4.79 Å². The van der Waals surface area contributed by atoms with Crippen LogP contribution in [0.1, 0.15) is 17.5 Å². The van der Waals surface area contributed by atoms with E-state index in [0.29, 0.717) is 41.6 Å². The predicted molar refractivity (Wildman–Crippen MR) is 92.6 cm³/mol. The average molecular weight is 367 g/mol. The molecule has 3 heterocycles. The fourth-order valence-corrected chi connectivity index (χ4v) is 2.98. The number of aromatic nitrogens is 4. The number of carbonyl (C=O) groups is 1. The van der Waals surface area contributed by atoms with Crippen LogP contribution >= 0.6 is 0 Å². The van der Waals surface area contributed by atoms with Crippen LogP contribution < -0.4 is 15.4 Å². The molecule has 1 aliphatic rings. The van der Waals surface area contributed by atoms with Crippen LogP contribution in [0.25, 0.3) is 5.65 Å². The SMILES string of the molecule is N#CCC(=O)Nc1cnc(NCc2c(F)ccc3c2CCO3)n2cnnc12. The predicted octanol–water partition coefficient (Wildman–Crippen LogP) is 1.66. The van der Waals surface area contributed by atoms with E-state index in [1.807, 2.05) is 0 Å². The van der Waals surface area contributed by atoms with Crippen molar-refractivity contribution in [3.63, 3.8) is 0 Å². The molecular formula is C17H14FN7O2. The number of nitriles is 1. The van der Waals surface area contributed by atoms with E-state index in [-0.39, 0.29) is 18.8 Å². The lowest BCUT2D eigenvalue weighted by molar-refractivity contribution is -0.115. The minimum absolute atomic E-state index is 0.207. The fraction of sp³-hybridized carbons (Fsp3) is 0.235. The molecule has 0 bridgehead atoms. The maximum atomic E-state index is 14.3. The molecule has 10 heteroatoms. The first-order valence-electron chi connectivity index (χ1n) is 8.20. The fourth-order valence-electron chi connectivity index (χ4n) is 2.98. The van der Waals surface area contributed by atoms with E-state index in [9.17, 15) is 9.18 Å². The molecule has 136 valence electrons. The molecular weight excluding hydrogens is 353 g/mol. The van der Waals surface area contributed by atoms with Gasteiger partial charge in [0.1, 0.15) is 30.0 Å². The van der Waals surface area contributed by atoms with Crippen molar-refractivity contribution >= 4 is 23.2 Å². The van der Waals surface area contributed by atoms with Crippen molar-refractivity contribution in [2.75, 3.05) is 17.2 Å². The molecule has 2 N–H and O–H groups in total. The highest BCUT2D eigenvalue weighted by molar-refractivity contribution is 5.95. The van der Waals surface area contributed by atoms with Crippen molar-refractivity contribution in [3.8, 4) is 11.8 Å². The maximum Gasteiger partial charge on any atom is 0.238 e. The Balaban J connectivity index is 1.59. The molecule has 0 spiro atoms. The molecule has 0 saturated carbocycles. The van der Waals surface area contributed by atoms with E-state index in [4.69, 9.17) is 10.00 Å². The Hall–Kier alpha value is -3.74. The number of anilines is 2. The molecule has 0 saturated heterocycles. The summed E-state index contributed by atoms with van der Waals surface area (Å²) >= 11 is 0. The molecule has 1 amide bonds. The van der Waals surface area contributed by atoms with Crippen molar-refractivity contribution in [1.82, 2.24) is 19.6 Å². The Morgan fingerprint density at radius 2 is 2.33 bits per heavy atom. The van der Waals surface area contributed by atoms with Gasteiger partial charge in [-0.15, -0.1) is 10.2 Å². The second kappa shape index (κ2) is 6.87. The Labute approximate surface area is 152 Å². The lowest BCUT2D eigenvalue weighted by atomic mass is 10.0. The van der Waals surface area contributed by atoms with Gasteiger partial charge in [-0.1, -0.05) is 0 Å². The topological polar surface area (TPSA) is 117 Å². The van der Waals surface area contributed by atoms with Crippen LogP contribution in [0.4, 0.5) is 16.0 Å². The Kier molecular flexibility index (Phi) is 4.25. The lowest BCUT2D eigenvalue weighted by Crippen LogP contribution is -2.14. The average Bonchev–Trinajstić information content (AvgIpc) is 3.31. The molecule has 9 nitrogen and oxygen atoms in total. The van der Waals surface area contributed by atoms with Crippen molar-refractivity contribution < 1.29 is 13.9 Å². The number of ether oxygens (including phenoxy) is 1. The standard InChI is InChI=1S/C17H14FN7O2/c18-12-1-2-14-10(4-6-27-14)11(12)7-20-17-21-8-13(23-15(26)3-5-19)16-24-22-9-25(16)17/h1-2,8-9H,3-4,6-7H2,(H,20,21)(H,23,26). The molecule has 0 fully saturated rings. The molecule has 0 atom stereocenters. The number of amides is 1. The van der Waals surface area contributed by atoms with Crippen LogP contribution in [0.5, 0.6) is 5.75 Å². The van der Waals surface area contributed by atoms with Crippen LogP contribution in [-0.2, 0) is 17.8 Å². The zero-order valence-electron chi connectivity index (χ0n) is 14.1. The molecule has 0 aliphatic carbocycles. The van der Waals surface area contributed by atoms with E-state index in [2.05, 4.69) is 25.8 Å². The summed E-state index contributed by atoms with van der Waals surface area (Å²) in [6, 6.07) is 4.79. The van der Waals surface area contributed by atoms with Crippen LogP contribution in [-0.4, -0.2) is 32.1 Å². The Morgan fingerprint density at radius 3 is 3.19 bits per heavy atom. The summed E-state index contributed by atoms with van der Waals surface area (Å²) in [6.45, 7) is 0.746. The molecule has 1 aliphatic heterocycles. The van der Waals surface area contributed by atoms with Crippen molar-refractivity contribution in [3.05, 3.63) is 41.6 Å². The van der Waals surface area contributed by atoms with Gasteiger partial charge in [0, 0.05) is 24.1 Å². The number of rotatable bonds is 5. The molecule has 1 aromatic carbocycles. The molecule has 0 radical (unpaired) electrons. The largest absolute Gasteiger partial charge is 0.493 e. The molecule has 27 heavy (non-hydrogen) atoms. The summed E-state index contributed by atoms with van der Waals surface area (Å²) in [5, 5.41) is 22.0. The highest BCUT2D eigenvalue weighted by Gasteiger charge is 2.20. The summed E-state index contributed by atoms with van der Waals surface area (Å²) in [5.74, 6) is 0.314. The lowest BCUT2D eigenvalue weighted by Gasteiger charge is -2.12. The van der Waals surface area contributed by atoms with Crippen molar-refractivity contribution in [1.29, 1.82) is 5.26 Å². The monoisotopic (exact) mass is 367 g/mol. The normalized spacial score (nSPS) is 12.3. The number of nitrogens with zero attached hydrogens (tertiary/aromatic N) is 5. The van der Waals surface area contributed by atoms with Crippen molar-refractivity contribution in [2.24, 2.45) is 0 Å². The second-order valence-corrected chi connectivity index (χ2v) is 5.86. The zero-order chi connectivity index (χ0) is 18.8. The van der Waals surface area contributed by atoms with Gasteiger partial charge in [-0.25, -0.2) is 13.8 Å². The zero-order valence-corrected chi connectivity index (χ0v) is 14.1. The molecule has 0 unspecified atom stereocenters. The van der Waals surface area contributed by atoms with Gasteiger partial charge in [0.25, 0.3) is 0 Å². The second-order valence-electron chi connectivity index (χ2n) is 5.86. The number of halogens is 1. The quantitative estimate of drug-likeness (QED) is 0.704. The van der Waals surface area contributed by atoms with E-state index in [0.717, 1.165) is 5.56 Å². The molecule has 2 aromatic heterocycles. The van der Waals surface area contributed by atoms with E-state index < -0.39 is 5.91 Å². The minimum Gasteiger partial charge on any atom is -0.493 e. The summed E-state index contributed by atoms with van der Waals surface area (Å²) < 4.78 is 21.3. The first-order valence-corrected chi connectivity index (χ1v) is 8.20. The Bertz CT molecular complexity index is 1070. The maximum absolute atomic E-state index is 14.3. The van der Waals surface area contributed by atoms with Gasteiger partial charge in [0.15, 0.2) is 5.65 Å². The number of fused-ring (bicyclic) bond motifs is 2. The minimum atomic E-state index is -0.466. The van der Waals surface area contributed by atoms with E-state index in [1.165, 1.54) is 18.6 Å². The number of hydrogen-bond acceptors (Lipinski definition) is 7. The summed E-state index contributed by atoms with van der Waals surface area (Å²) in [7, 11) is 0. The smallest absolute Gasteiger partial charge is 0.238 e. The highest BCUT2D eigenvalue weighted by Crippen LogP contribution is 2.30. The number of nitrogens with one attached hydrogen (secondary N) is 2. The highest BCUT2D eigenvalue weighted by atomic mass is 19.1. The van der Waals surface area contributed by atoms with Gasteiger partial charge in [0.2, 0.25) is 11.9 Å². The van der Waals surface area contributed by atoms with Gasteiger partial charge >= 0.3 is 0 Å². The first kappa shape index (κ1) is 16.7. The van der Waals surface area contributed by atoms with Crippen LogP contribution in [0.3, 0.4) is 0 Å². The third-order valence-corrected chi connectivity index (χ3v) is 4.21. The Morgan fingerprint density at radius 1 is 1.44 bits per heavy atom.